The number of nitrogens with one attached hydrogen (secondary N) is 2. The smallest absolute Gasteiger partial charge is 0.229 e. The number of hydrogen-bond donors (Lipinski definition) is 3. The van der Waals surface area contributed by atoms with Crippen molar-refractivity contribution in [3.05, 3.63) is 53.1 Å². The van der Waals surface area contributed by atoms with Gasteiger partial charge in [-0.2, -0.15) is 4.98 Å². The van der Waals surface area contributed by atoms with E-state index in [1.807, 2.05) is 49.4 Å². The van der Waals surface area contributed by atoms with E-state index in [9.17, 15) is 0 Å². The highest BCUT2D eigenvalue weighted by molar-refractivity contribution is 6.31. The molecule has 0 spiro atoms. The molecular weight excluding hydrogens is 347 g/mol. The summed E-state index contributed by atoms with van der Waals surface area (Å²) in [6, 6.07) is 13.4. The fourth-order valence-electron chi connectivity index (χ4n) is 2.30. The second-order valence-corrected chi connectivity index (χ2v) is 5.51. The minimum absolute atomic E-state index is 0. The Morgan fingerprint density at radius 1 is 1.08 bits per heavy atom. The molecule has 0 radical (unpaired) electrons. The largest absolute Gasteiger partial charge is 0.395 e. The molecule has 0 amide bonds. The third-order valence-electron chi connectivity index (χ3n) is 3.52. The zero-order valence-corrected chi connectivity index (χ0v) is 14.7. The van der Waals surface area contributed by atoms with Gasteiger partial charge < -0.3 is 15.7 Å². The van der Waals surface area contributed by atoms with E-state index in [0.29, 0.717) is 23.3 Å². The first-order chi connectivity index (χ1) is 11.2. The molecule has 1 heterocycles. The minimum atomic E-state index is 0. The predicted octanol–water partition coefficient (Wildman–Crippen LogP) is 4.16. The number of halogens is 2. The van der Waals surface area contributed by atoms with Gasteiger partial charge >= 0.3 is 0 Å². The van der Waals surface area contributed by atoms with Crippen LogP contribution in [0.3, 0.4) is 0 Å². The number of fused-ring (bicyclic) bond motifs is 1. The molecule has 2 aromatic carbocycles. The van der Waals surface area contributed by atoms with Gasteiger partial charge in [-0.25, -0.2) is 4.98 Å². The number of anilines is 3. The summed E-state index contributed by atoms with van der Waals surface area (Å²) in [4.78, 5) is 9.06. The Labute approximate surface area is 151 Å². The number of aliphatic hydroxyl groups excluding tert-OH is 1. The molecule has 1 aromatic heterocycles. The molecule has 126 valence electrons. The van der Waals surface area contributed by atoms with E-state index < -0.39 is 0 Å². The first kappa shape index (κ1) is 18.3. The van der Waals surface area contributed by atoms with Crippen LogP contribution in [0.1, 0.15) is 5.56 Å². The number of aromatic nitrogens is 2. The summed E-state index contributed by atoms with van der Waals surface area (Å²) in [5.74, 6) is 1.17. The molecule has 0 fully saturated rings. The van der Waals surface area contributed by atoms with Gasteiger partial charge in [0.1, 0.15) is 5.82 Å². The van der Waals surface area contributed by atoms with Gasteiger partial charge in [0.15, 0.2) is 0 Å². The molecule has 0 aliphatic rings. The van der Waals surface area contributed by atoms with Crippen molar-refractivity contribution >= 4 is 52.4 Å². The van der Waals surface area contributed by atoms with Crippen LogP contribution in [0.25, 0.3) is 10.9 Å². The summed E-state index contributed by atoms with van der Waals surface area (Å²) in [5, 5.41) is 17.0. The molecule has 0 aliphatic carbocycles. The molecule has 24 heavy (non-hydrogen) atoms. The molecule has 7 heteroatoms. The van der Waals surface area contributed by atoms with Gasteiger partial charge in [-0.1, -0.05) is 29.8 Å². The summed E-state index contributed by atoms with van der Waals surface area (Å²) in [6.45, 7) is 2.40. The van der Waals surface area contributed by atoms with Crippen molar-refractivity contribution in [3.63, 3.8) is 0 Å². The monoisotopic (exact) mass is 364 g/mol. The lowest BCUT2D eigenvalue weighted by atomic mass is 10.2. The molecule has 0 saturated heterocycles. The van der Waals surface area contributed by atoms with E-state index in [2.05, 4.69) is 20.6 Å². The molecule has 3 N–H and O–H groups in total. The van der Waals surface area contributed by atoms with Gasteiger partial charge in [0.2, 0.25) is 5.95 Å². The Balaban J connectivity index is 0.00000208. The first-order valence-corrected chi connectivity index (χ1v) is 7.70. The third kappa shape index (κ3) is 3.87. The molecule has 3 rings (SSSR count). The highest BCUT2D eigenvalue weighted by Crippen LogP contribution is 2.27. The van der Waals surface area contributed by atoms with Crippen LogP contribution in [-0.2, 0) is 0 Å². The van der Waals surface area contributed by atoms with Gasteiger partial charge in [0, 0.05) is 22.6 Å². The van der Waals surface area contributed by atoms with Gasteiger partial charge in [-0.05, 0) is 36.8 Å². The van der Waals surface area contributed by atoms with Crippen molar-refractivity contribution in [2.75, 3.05) is 23.8 Å². The molecule has 0 aliphatic heterocycles. The van der Waals surface area contributed by atoms with E-state index in [1.54, 1.807) is 0 Å². The Kier molecular flexibility index (Phi) is 6.20. The Morgan fingerprint density at radius 2 is 1.88 bits per heavy atom. The highest BCUT2D eigenvalue weighted by Gasteiger charge is 2.09. The second-order valence-electron chi connectivity index (χ2n) is 5.10. The topological polar surface area (TPSA) is 70.1 Å². The summed E-state index contributed by atoms with van der Waals surface area (Å²) in [7, 11) is 0. The summed E-state index contributed by atoms with van der Waals surface area (Å²) in [5.41, 5.74) is 2.63. The average molecular weight is 365 g/mol. The van der Waals surface area contributed by atoms with Crippen molar-refractivity contribution in [1.82, 2.24) is 9.97 Å². The van der Waals surface area contributed by atoms with Crippen LogP contribution in [-0.4, -0.2) is 28.2 Å². The maximum Gasteiger partial charge on any atom is 0.229 e. The lowest BCUT2D eigenvalue weighted by Crippen LogP contribution is -2.09. The van der Waals surface area contributed by atoms with E-state index in [4.69, 9.17) is 16.7 Å². The predicted molar refractivity (Wildman–Crippen MR) is 102 cm³/mol. The lowest BCUT2D eigenvalue weighted by molar-refractivity contribution is 0.311. The number of para-hydroxylation sites is 1. The minimum Gasteiger partial charge on any atom is -0.395 e. The summed E-state index contributed by atoms with van der Waals surface area (Å²) in [6.07, 6.45) is 0. The van der Waals surface area contributed by atoms with Crippen molar-refractivity contribution in [1.29, 1.82) is 0 Å². The summed E-state index contributed by atoms with van der Waals surface area (Å²) < 4.78 is 0. The van der Waals surface area contributed by atoms with Crippen molar-refractivity contribution in [2.24, 2.45) is 0 Å². The van der Waals surface area contributed by atoms with E-state index in [0.717, 1.165) is 22.2 Å². The number of rotatable bonds is 5. The van der Waals surface area contributed by atoms with Crippen LogP contribution >= 0.6 is 24.0 Å². The Bertz CT molecular complexity index is 842. The maximum absolute atomic E-state index is 9.03. The van der Waals surface area contributed by atoms with Crippen LogP contribution in [0, 0.1) is 6.92 Å². The van der Waals surface area contributed by atoms with E-state index in [1.165, 1.54) is 0 Å². The zero-order valence-electron chi connectivity index (χ0n) is 13.1. The fourth-order valence-corrected chi connectivity index (χ4v) is 2.48. The van der Waals surface area contributed by atoms with Crippen molar-refractivity contribution in [2.45, 2.75) is 6.92 Å². The van der Waals surface area contributed by atoms with Crippen LogP contribution < -0.4 is 10.6 Å². The number of hydrogen-bond acceptors (Lipinski definition) is 5. The van der Waals surface area contributed by atoms with Crippen molar-refractivity contribution < 1.29 is 5.11 Å². The van der Waals surface area contributed by atoms with Crippen LogP contribution in [0.2, 0.25) is 5.02 Å². The first-order valence-electron chi connectivity index (χ1n) is 7.32. The molecule has 0 unspecified atom stereocenters. The molecule has 3 aromatic rings. The van der Waals surface area contributed by atoms with Crippen molar-refractivity contribution in [3.8, 4) is 0 Å². The van der Waals surface area contributed by atoms with Crippen LogP contribution in [0.4, 0.5) is 17.5 Å². The Morgan fingerprint density at radius 3 is 2.67 bits per heavy atom. The third-order valence-corrected chi connectivity index (χ3v) is 3.93. The van der Waals surface area contributed by atoms with Crippen LogP contribution in [0.5, 0.6) is 0 Å². The van der Waals surface area contributed by atoms with Gasteiger partial charge in [0.25, 0.3) is 0 Å². The maximum atomic E-state index is 9.03. The number of benzene rings is 2. The SMILES string of the molecule is Cc1c(Cl)cccc1Nc1nc(NCCO)c2ccccc2n1.Cl. The summed E-state index contributed by atoms with van der Waals surface area (Å²) >= 11 is 6.15. The van der Waals surface area contributed by atoms with E-state index in [-0.39, 0.29) is 19.0 Å². The fraction of sp³-hybridized carbons (Fsp3) is 0.176. The van der Waals surface area contributed by atoms with Gasteiger partial charge in [0.05, 0.1) is 12.1 Å². The lowest BCUT2D eigenvalue weighted by Gasteiger charge is -2.13. The van der Waals surface area contributed by atoms with Crippen LogP contribution in [0.15, 0.2) is 42.5 Å². The number of nitrogens with zero attached hydrogens (tertiary/aromatic N) is 2. The Hall–Kier alpha value is -2.08. The highest BCUT2D eigenvalue weighted by atomic mass is 35.5. The standard InChI is InChI=1S/C17H17ClN4O.ClH/c1-11-13(18)6-4-8-14(11)20-17-21-15-7-3-2-5-12(15)16(22-17)19-9-10-23;/h2-8,23H,9-10H2,1H3,(H2,19,20,21,22);1H. The number of aliphatic hydroxyl groups is 1. The molecular formula is C17H18Cl2N4O. The quantitative estimate of drug-likeness (QED) is 0.633. The van der Waals surface area contributed by atoms with Gasteiger partial charge in [-0.3, -0.25) is 0 Å². The van der Waals surface area contributed by atoms with E-state index >= 15 is 0 Å². The zero-order chi connectivity index (χ0) is 16.2. The molecule has 5 nitrogen and oxygen atoms in total. The van der Waals surface area contributed by atoms with Gasteiger partial charge in [-0.15, -0.1) is 12.4 Å². The molecule has 0 bridgehead atoms. The normalized spacial score (nSPS) is 10.3. The molecule has 0 atom stereocenters. The molecule has 0 saturated carbocycles. The second kappa shape index (κ2) is 8.15. The average Bonchev–Trinajstić information content (AvgIpc) is 2.57.